The van der Waals surface area contributed by atoms with Crippen molar-refractivity contribution in [1.29, 1.82) is 0 Å². The van der Waals surface area contributed by atoms with E-state index in [9.17, 15) is 19.4 Å². The Labute approximate surface area is 510 Å². The van der Waals surface area contributed by atoms with Gasteiger partial charge in [0.15, 0.2) is 0 Å². The predicted molar refractivity (Wildman–Crippen MR) is 357 cm³/mol. The van der Waals surface area contributed by atoms with Gasteiger partial charge in [0.05, 0.1) is 39.9 Å². The molecule has 3 unspecified atom stereocenters. The van der Waals surface area contributed by atoms with Crippen LogP contribution in [0.25, 0.3) is 0 Å². The Hall–Kier alpha value is -2.06. The molecule has 3 atom stereocenters. The maximum Gasteiger partial charge on any atom is 0.268 e. The Morgan fingerprint density at radius 1 is 0.439 bits per heavy atom. The number of unbranched alkanes of at least 4 members (excludes halogenated alkanes) is 42. The molecule has 0 rings (SSSR count). The first kappa shape index (κ1) is 79.9. The lowest BCUT2D eigenvalue weighted by atomic mass is 10.0. The number of quaternary nitrogens is 1. The normalized spacial score (nSPS) is 14.1. The molecular weight excluding hydrogens is 1030 g/mol. The number of hydrogen-bond donors (Lipinski definition) is 2. The van der Waals surface area contributed by atoms with Crippen molar-refractivity contribution in [3.05, 3.63) is 72.9 Å². The number of hydrogen-bond acceptors (Lipinski definition) is 6. The summed E-state index contributed by atoms with van der Waals surface area (Å²) in [5, 5.41) is 13.9. The molecule has 2 N–H and O–H groups in total. The fourth-order valence-corrected chi connectivity index (χ4v) is 11.2. The topological polar surface area (TPSA) is 108 Å². The highest BCUT2D eigenvalue weighted by Gasteiger charge is 2.23. The van der Waals surface area contributed by atoms with Crippen LogP contribution < -0.4 is 10.2 Å². The second-order valence-electron chi connectivity index (χ2n) is 25.2. The first-order valence-electron chi connectivity index (χ1n) is 35.3. The summed E-state index contributed by atoms with van der Waals surface area (Å²) in [6.07, 6.45) is 88.9. The molecule has 0 radical (unpaired) electrons. The number of likely N-dealkylation sites (N-methyl/N-ethyl adjacent to an activating group) is 1. The number of rotatable bonds is 65. The Bertz CT molecular complexity index is 1570. The van der Waals surface area contributed by atoms with Crippen LogP contribution in [0.4, 0.5) is 0 Å². The van der Waals surface area contributed by atoms with Crippen molar-refractivity contribution >= 4 is 13.7 Å². The summed E-state index contributed by atoms with van der Waals surface area (Å²) < 4.78 is 23.4. The number of phosphoric acid groups is 1. The number of carbonyl (C=O) groups excluding carboxylic acids is 1. The standard InChI is InChI=1S/C73H137N2O6P/c1-6-8-10-12-14-16-18-20-22-24-26-28-30-31-32-33-34-35-36-37-38-39-40-41-42-43-45-47-49-51-53-55-57-59-61-63-65-67-73(77)74-71(70-81-82(78,79)80-69-68-75(3,4)5)72(76)66-64-62-60-58-56-54-52-50-48-46-44-29-27-25-23-21-19-17-15-13-11-9-7-2/h8,10,14,16,20,22,26,28,56,58,64,66,71-72,76H,6-7,9,11-13,15,17-19,21,23-25,27,29-55,57,59-63,65,67-70H2,1-5H3,(H-,74,77,78,79)/b10-8-,16-14-,22-20-,28-26-,58-56+,66-64+. The highest BCUT2D eigenvalue weighted by Crippen LogP contribution is 2.38. The highest BCUT2D eigenvalue weighted by atomic mass is 31.2. The van der Waals surface area contributed by atoms with Crippen LogP contribution in [0.15, 0.2) is 72.9 Å². The van der Waals surface area contributed by atoms with E-state index < -0.39 is 26.6 Å². The lowest BCUT2D eigenvalue weighted by Gasteiger charge is -2.29. The van der Waals surface area contributed by atoms with Crippen LogP contribution in [0.3, 0.4) is 0 Å². The van der Waals surface area contributed by atoms with E-state index in [1.807, 2.05) is 27.2 Å². The van der Waals surface area contributed by atoms with Crippen LogP contribution in [-0.2, 0) is 18.4 Å². The van der Waals surface area contributed by atoms with Gasteiger partial charge in [-0.25, -0.2) is 0 Å². The molecule has 1 amide bonds. The predicted octanol–water partition coefficient (Wildman–Crippen LogP) is 21.9. The lowest BCUT2D eigenvalue weighted by Crippen LogP contribution is -2.45. The number of phosphoric ester groups is 1. The van der Waals surface area contributed by atoms with Crippen molar-refractivity contribution in [3.8, 4) is 0 Å². The summed E-state index contributed by atoms with van der Waals surface area (Å²) >= 11 is 0. The summed E-state index contributed by atoms with van der Waals surface area (Å²) in [7, 11) is 1.25. The zero-order valence-electron chi connectivity index (χ0n) is 54.9. The molecular formula is C73H137N2O6P. The lowest BCUT2D eigenvalue weighted by molar-refractivity contribution is -0.870. The van der Waals surface area contributed by atoms with E-state index in [0.29, 0.717) is 17.4 Å². The third-order valence-corrected chi connectivity index (χ3v) is 16.9. The van der Waals surface area contributed by atoms with Gasteiger partial charge in [0.2, 0.25) is 5.91 Å². The maximum atomic E-state index is 13.0. The van der Waals surface area contributed by atoms with E-state index in [0.717, 1.165) is 64.2 Å². The van der Waals surface area contributed by atoms with Gasteiger partial charge in [-0.1, -0.05) is 331 Å². The van der Waals surface area contributed by atoms with Crippen LogP contribution in [0, 0.1) is 0 Å². The van der Waals surface area contributed by atoms with Crippen LogP contribution in [0.1, 0.15) is 335 Å². The monoisotopic (exact) mass is 1170 g/mol. The SMILES string of the molecule is CC/C=C\C/C=C\C/C=C\C/C=C\CCCCCCCCCCCCCCCCCCCCCCCCCCC(=O)NC(COP(=O)([O-])OCC[N+](C)(C)C)C(O)/C=C/CC/C=C/CCCCCCCCCCCCCCCCCCC. The molecule has 0 heterocycles. The number of aliphatic hydroxyl groups excluding tert-OH is 1. The molecule has 480 valence electrons. The minimum atomic E-state index is -4.61. The van der Waals surface area contributed by atoms with E-state index in [4.69, 9.17) is 9.05 Å². The molecule has 8 nitrogen and oxygen atoms in total. The smallest absolute Gasteiger partial charge is 0.268 e. The van der Waals surface area contributed by atoms with Gasteiger partial charge in [-0.15, -0.1) is 0 Å². The Morgan fingerprint density at radius 2 is 0.756 bits per heavy atom. The molecule has 9 heteroatoms. The zero-order valence-corrected chi connectivity index (χ0v) is 55.8. The van der Waals surface area contributed by atoms with E-state index in [1.165, 1.54) is 250 Å². The molecule has 0 aromatic rings. The molecule has 0 saturated carbocycles. The van der Waals surface area contributed by atoms with Gasteiger partial charge >= 0.3 is 0 Å². The fraction of sp³-hybridized carbons (Fsp3) is 0.822. The van der Waals surface area contributed by atoms with E-state index in [-0.39, 0.29) is 12.5 Å². The summed E-state index contributed by atoms with van der Waals surface area (Å²) in [5.74, 6) is -0.202. The van der Waals surface area contributed by atoms with E-state index in [2.05, 4.69) is 79.9 Å². The highest BCUT2D eigenvalue weighted by molar-refractivity contribution is 7.45. The van der Waals surface area contributed by atoms with Crippen LogP contribution in [-0.4, -0.2) is 68.5 Å². The van der Waals surface area contributed by atoms with E-state index in [1.54, 1.807) is 6.08 Å². The Balaban J connectivity index is 4.01. The number of amides is 1. The van der Waals surface area contributed by atoms with Crippen LogP contribution in [0.5, 0.6) is 0 Å². The molecule has 0 aliphatic heterocycles. The number of nitrogens with one attached hydrogen (secondary N) is 1. The number of allylic oxidation sites excluding steroid dienone is 11. The largest absolute Gasteiger partial charge is 0.756 e. The van der Waals surface area contributed by atoms with Crippen LogP contribution in [0.2, 0.25) is 0 Å². The molecule has 0 saturated heterocycles. The molecule has 0 aliphatic rings. The van der Waals surface area contributed by atoms with E-state index >= 15 is 0 Å². The minimum absolute atomic E-state index is 0.00597. The molecule has 0 fully saturated rings. The molecule has 0 spiro atoms. The van der Waals surface area contributed by atoms with Gasteiger partial charge < -0.3 is 28.8 Å². The molecule has 82 heavy (non-hydrogen) atoms. The average Bonchev–Trinajstić information content (AvgIpc) is 3.47. The Kier molecular flexibility index (Phi) is 61.8. The summed E-state index contributed by atoms with van der Waals surface area (Å²) in [6, 6.07) is -0.905. The van der Waals surface area contributed by atoms with Gasteiger partial charge in [-0.2, -0.15) is 0 Å². The molecule has 0 bridgehead atoms. The maximum absolute atomic E-state index is 13.0. The molecule has 0 aromatic carbocycles. The van der Waals surface area contributed by atoms with Gasteiger partial charge in [0.25, 0.3) is 7.82 Å². The van der Waals surface area contributed by atoms with Gasteiger partial charge in [0.1, 0.15) is 13.2 Å². The molecule has 0 aromatic heterocycles. The van der Waals surface area contributed by atoms with Crippen molar-refractivity contribution in [2.45, 2.75) is 347 Å². The summed E-state index contributed by atoms with van der Waals surface area (Å²) in [6.45, 7) is 4.56. The second-order valence-corrected chi connectivity index (χ2v) is 26.6. The van der Waals surface area contributed by atoms with Gasteiger partial charge in [-0.3, -0.25) is 9.36 Å². The minimum Gasteiger partial charge on any atom is -0.756 e. The average molecular weight is 1170 g/mol. The van der Waals surface area contributed by atoms with Crippen molar-refractivity contribution in [3.63, 3.8) is 0 Å². The third-order valence-electron chi connectivity index (χ3n) is 15.9. The number of aliphatic hydroxyl groups is 1. The van der Waals surface area contributed by atoms with Crippen molar-refractivity contribution < 1.29 is 32.9 Å². The first-order valence-corrected chi connectivity index (χ1v) is 36.8. The van der Waals surface area contributed by atoms with Crippen molar-refractivity contribution in [1.82, 2.24) is 5.32 Å². The fourth-order valence-electron chi connectivity index (χ4n) is 10.5. The Morgan fingerprint density at radius 3 is 1.13 bits per heavy atom. The van der Waals surface area contributed by atoms with Gasteiger partial charge in [-0.05, 0) is 70.6 Å². The number of carbonyl (C=O) groups is 1. The third kappa shape index (κ3) is 65.5. The second kappa shape index (κ2) is 63.4. The summed E-state index contributed by atoms with van der Waals surface area (Å²) in [4.78, 5) is 25.6. The zero-order chi connectivity index (χ0) is 59.8. The quantitative estimate of drug-likeness (QED) is 0.0272. The van der Waals surface area contributed by atoms with Gasteiger partial charge in [0, 0.05) is 6.42 Å². The summed E-state index contributed by atoms with van der Waals surface area (Å²) in [5.41, 5.74) is 0. The van der Waals surface area contributed by atoms with Crippen molar-refractivity contribution in [2.75, 3.05) is 40.9 Å². The van der Waals surface area contributed by atoms with Crippen molar-refractivity contribution in [2.24, 2.45) is 0 Å². The van der Waals surface area contributed by atoms with Crippen LogP contribution >= 0.6 is 7.82 Å². The number of nitrogens with zero attached hydrogens (tertiary/aromatic N) is 1. The first-order chi connectivity index (χ1) is 40.0. The molecule has 0 aliphatic carbocycles.